The van der Waals surface area contributed by atoms with Gasteiger partial charge in [0.15, 0.2) is 13.8 Å². The normalized spacial score (nSPS) is 18.3. The summed E-state index contributed by atoms with van der Waals surface area (Å²) in [5.74, 6) is 2.98. The molecule has 10 aromatic carbocycles. The Morgan fingerprint density at radius 1 is 0.342 bits per heavy atom. The van der Waals surface area contributed by atoms with Gasteiger partial charge in [-0.25, -0.2) is 0 Å². The molecule has 0 saturated carbocycles. The number of aromatic nitrogens is 3. The maximum atomic E-state index is 7.78. The van der Waals surface area contributed by atoms with Crippen LogP contribution in [-0.4, -0.2) is 12.6 Å². The molecule has 22 rings (SSSR count). The van der Waals surface area contributed by atoms with Crippen molar-refractivity contribution in [3.63, 3.8) is 0 Å². The standard InChI is InChI=1S/C73H40N4OSi/c1-7-25-49-41(17-1)42-18-2-8-26-50(42)71(49)53-29-13-23-47-48-24-15-39-74-69(48)76(65(47)53)67-55(71)35-36-57-63(67)73(74)64-58(78-57)37-38-62-68(64)77-66-54(30-14-34-61(66)79(62)59-32-11-5-21-45(59)46-22-6-12-33-60(46)79)72(56-31-16-40-75(73)70(56)77)51-27-9-3-19-43(51)44-20-4-10-28-52(44)72/h1-40H/q+2. The van der Waals surface area contributed by atoms with Crippen molar-refractivity contribution in [2.24, 2.45) is 0 Å². The second-order valence-corrected chi connectivity index (χ2v) is 26.9. The third kappa shape index (κ3) is 3.64. The Bertz CT molecular complexity index is 5090. The molecule has 9 aliphatic rings. The number of pyridine rings is 2. The van der Waals surface area contributed by atoms with E-state index in [2.05, 4.69) is 262 Å². The van der Waals surface area contributed by atoms with Gasteiger partial charge in [0.2, 0.25) is 0 Å². The predicted octanol–water partition coefficient (Wildman–Crippen LogP) is 11.9. The zero-order valence-corrected chi connectivity index (χ0v) is 43.3. The molecule has 0 saturated heterocycles. The predicted molar refractivity (Wildman–Crippen MR) is 312 cm³/mol. The van der Waals surface area contributed by atoms with Crippen molar-refractivity contribution in [3.8, 4) is 50.6 Å². The van der Waals surface area contributed by atoms with E-state index in [-0.39, 0.29) is 0 Å². The Kier molecular flexibility index (Phi) is 6.21. The summed E-state index contributed by atoms with van der Waals surface area (Å²) in [6.07, 6.45) is 4.83. The van der Waals surface area contributed by atoms with Gasteiger partial charge in [0.05, 0.1) is 34.2 Å². The van der Waals surface area contributed by atoms with E-state index in [9.17, 15) is 0 Å². The quantitative estimate of drug-likeness (QED) is 0.112. The first-order chi connectivity index (χ1) is 39.2. The Hall–Kier alpha value is -9.88. The smallest absolute Gasteiger partial charge is 0.321 e. The Balaban J connectivity index is 1.01. The van der Waals surface area contributed by atoms with Gasteiger partial charge in [0, 0.05) is 32.5 Å². The van der Waals surface area contributed by atoms with E-state index in [0.29, 0.717) is 0 Å². The van der Waals surface area contributed by atoms with Crippen LogP contribution in [0.25, 0.3) is 61.0 Å². The molecular weight excluding hydrogens is 977 g/mol. The van der Waals surface area contributed by atoms with Crippen LogP contribution in [0.1, 0.15) is 55.6 Å². The number of hydrogen-bond acceptors (Lipinski definition) is 2. The lowest BCUT2D eigenvalue weighted by Crippen LogP contribution is -2.82. The number of anilines is 3. The molecule has 2 aliphatic carbocycles. The Labute approximate surface area is 454 Å². The fourth-order valence-electron chi connectivity index (χ4n) is 18.6. The SMILES string of the molecule is c1ccc2c(c1)-c1ccccc1C21c2cccc3c2N2c4c(ccc5c4C4(c6c(ccc7c6-n6c8c(cccc8c8ccc[n+]4c86)C74c6ccccc6-c6ccccc64)O5)[n+]4cccc1c42)[Si]31c2ccccc2-c2ccccc21. The first kappa shape index (κ1) is 39.5. The molecule has 1 unspecified atom stereocenters. The number of nitrogens with zero attached hydrogens (tertiary/aromatic N) is 4. The maximum absolute atomic E-state index is 7.78. The molecule has 1 atom stereocenters. The third-order valence-corrected chi connectivity index (χ3v) is 25.7. The molecule has 5 nitrogen and oxygen atoms in total. The molecule has 10 heterocycles. The average Bonchev–Trinajstić information content (AvgIpc) is 1.91. The highest BCUT2D eigenvalue weighted by Gasteiger charge is 2.73. The van der Waals surface area contributed by atoms with E-state index in [4.69, 9.17) is 4.74 Å². The molecule has 0 N–H and O–H groups in total. The summed E-state index contributed by atoms with van der Waals surface area (Å²) >= 11 is 0. The molecule has 7 aliphatic heterocycles. The highest BCUT2D eigenvalue weighted by atomic mass is 28.3. The number of para-hydroxylation sites is 2. The number of benzene rings is 10. The molecule has 6 heteroatoms. The Morgan fingerprint density at radius 2 is 0.810 bits per heavy atom. The van der Waals surface area contributed by atoms with Gasteiger partial charge in [-0.1, -0.05) is 182 Å². The fourth-order valence-corrected chi connectivity index (χ4v) is 24.2. The second kappa shape index (κ2) is 12.4. The van der Waals surface area contributed by atoms with Crippen molar-refractivity contribution in [3.05, 3.63) is 299 Å². The van der Waals surface area contributed by atoms with E-state index in [1.165, 1.54) is 155 Å². The van der Waals surface area contributed by atoms with Crippen LogP contribution in [0.3, 0.4) is 0 Å². The highest BCUT2D eigenvalue weighted by molar-refractivity contribution is 7.23. The molecule has 3 aromatic heterocycles. The summed E-state index contributed by atoms with van der Waals surface area (Å²) in [5.41, 5.74) is 24.8. The maximum Gasteiger partial charge on any atom is 0.321 e. The first-order valence-electron chi connectivity index (χ1n) is 27.8. The number of fused-ring (bicyclic) bond motifs is 22. The van der Waals surface area contributed by atoms with Crippen LogP contribution in [0, 0.1) is 0 Å². The molecule has 360 valence electrons. The van der Waals surface area contributed by atoms with Gasteiger partial charge >= 0.3 is 5.66 Å². The van der Waals surface area contributed by atoms with E-state index < -0.39 is 24.6 Å². The summed E-state index contributed by atoms with van der Waals surface area (Å²) in [4.78, 5) is 2.76. The fraction of sp³-hybridized carbons (Fsp3) is 0.0411. The zero-order valence-electron chi connectivity index (χ0n) is 42.3. The molecule has 79 heavy (non-hydrogen) atoms. The van der Waals surface area contributed by atoms with Gasteiger partial charge < -0.3 is 4.74 Å². The third-order valence-electron chi connectivity index (χ3n) is 20.8. The lowest BCUT2D eigenvalue weighted by atomic mass is 9.63. The number of rotatable bonds is 0. The Morgan fingerprint density at radius 3 is 1.48 bits per heavy atom. The minimum absolute atomic E-state index is 0.619. The van der Waals surface area contributed by atoms with Crippen LogP contribution >= 0.6 is 0 Å². The minimum atomic E-state index is -3.19. The van der Waals surface area contributed by atoms with Crippen LogP contribution in [0.2, 0.25) is 0 Å². The van der Waals surface area contributed by atoms with Gasteiger partial charge in [-0.05, 0) is 115 Å². The number of ether oxygens (including phenoxy) is 1. The zero-order chi connectivity index (χ0) is 50.6. The summed E-state index contributed by atoms with van der Waals surface area (Å²) < 4.78 is 15.9. The molecule has 4 spiro atoms. The molecule has 0 amide bonds. The van der Waals surface area contributed by atoms with Gasteiger partial charge in [0.1, 0.15) is 39.5 Å². The van der Waals surface area contributed by atoms with Crippen LogP contribution in [0.15, 0.2) is 243 Å². The summed E-state index contributed by atoms with van der Waals surface area (Å²) in [6, 6.07) is 89.7. The summed E-state index contributed by atoms with van der Waals surface area (Å²) in [6.45, 7) is 0. The molecule has 13 aromatic rings. The topological polar surface area (TPSA) is 25.2 Å². The lowest BCUT2D eigenvalue weighted by molar-refractivity contribution is -0.959. The van der Waals surface area contributed by atoms with Crippen molar-refractivity contribution >= 4 is 67.9 Å². The number of hydrogen-bond donors (Lipinski definition) is 0. The van der Waals surface area contributed by atoms with Gasteiger partial charge in [-0.15, -0.1) is 0 Å². The molecular formula is C73H40N4OSi+2. The van der Waals surface area contributed by atoms with Crippen molar-refractivity contribution in [1.29, 1.82) is 0 Å². The van der Waals surface area contributed by atoms with Crippen LogP contribution < -0.4 is 39.5 Å². The summed E-state index contributed by atoms with van der Waals surface area (Å²) in [5, 5.41) is 8.25. The average molecular weight is 1020 g/mol. The largest absolute Gasteiger partial charge is 0.456 e. The highest BCUT2D eigenvalue weighted by Crippen LogP contribution is 2.69. The minimum Gasteiger partial charge on any atom is -0.456 e. The first-order valence-corrected chi connectivity index (χ1v) is 29.8. The van der Waals surface area contributed by atoms with Gasteiger partial charge in [-0.3, -0.25) is 0 Å². The molecule has 0 radical (unpaired) electrons. The van der Waals surface area contributed by atoms with E-state index in [1.807, 2.05) is 0 Å². The summed E-state index contributed by atoms with van der Waals surface area (Å²) in [7, 11) is -3.19. The molecule has 0 fully saturated rings. The van der Waals surface area contributed by atoms with Crippen molar-refractivity contribution in [2.75, 3.05) is 4.90 Å². The van der Waals surface area contributed by atoms with E-state index in [1.54, 1.807) is 0 Å². The lowest BCUT2D eigenvalue weighted by Gasteiger charge is -2.52. The van der Waals surface area contributed by atoms with E-state index >= 15 is 0 Å². The van der Waals surface area contributed by atoms with Crippen LogP contribution in [0.5, 0.6) is 11.5 Å². The van der Waals surface area contributed by atoms with Crippen LogP contribution in [-0.2, 0) is 16.5 Å². The molecule has 0 bridgehead atoms. The van der Waals surface area contributed by atoms with E-state index in [0.717, 1.165) is 11.5 Å². The van der Waals surface area contributed by atoms with Gasteiger partial charge in [0.25, 0.3) is 11.5 Å². The van der Waals surface area contributed by atoms with Crippen LogP contribution in [0.4, 0.5) is 17.2 Å². The van der Waals surface area contributed by atoms with Gasteiger partial charge in [-0.2, -0.15) is 18.6 Å². The van der Waals surface area contributed by atoms with Crippen molar-refractivity contribution in [1.82, 2.24) is 4.57 Å². The van der Waals surface area contributed by atoms with Crippen molar-refractivity contribution in [2.45, 2.75) is 16.5 Å². The monoisotopic (exact) mass is 1020 g/mol. The van der Waals surface area contributed by atoms with Crippen molar-refractivity contribution < 1.29 is 13.9 Å². The second-order valence-electron chi connectivity index (χ2n) is 23.3.